The van der Waals surface area contributed by atoms with Gasteiger partial charge in [-0.25, -0.2) is 0 Å². The van der Waals surface area contributed by atoms with Crippen LogP contribution in [-0.4, -0.2) is 40.6 Å². The Hall–Kier alpha value is -0.220. The van der Waals surface area contributed by atoms with Crippen molar-refractivity contribution in [1.82, 2.24) is 10.2 Å². The normalized spacial score (nSPS) is 28.3. The molecule has 1 N–H and O–H groups in total. The largest absolute Gasteiger partial charge is 0.322 e. The fourth-order valence-electron chi connectivity index (χ4n) is 3.49. The molecule has 1 aliphatic carbocycles. The van der Waals surface area contributed by atoms with Crippen LogP contribution in [0.5, 0.6) is 0 Å². The van der Waals surface area contributed by atoms with E-state index in [2.05, 4.69) is 30.3 Å². The number of hydrogen-bond acceptors (Lipinski definition) is 3. The monoisotopic (exact) mass is 270 g/mol. The summed E-state index contributed by atoms with van der Waals surface area (Å²) in [7, 11) is 0. The van der Waals surface area contributed by atoms with Gasteiger partial charge >= 0.3 is 0 Å². The lowest BCUT2D eigenvalue weighted by Crippen LogP contribution is -2.45. The van der Waals surface area contributed by atoms with E-state index in [1.54, 1.807) is 0 Å². The van der Waals surface area contributed by atoms with E-state index in [1.165, 1.54) is 12.8 Å². The number of hydrogen-bond donors (Lipinski definition) is 1. The molecule has 0 radical (unpaired) electrons. The molecule has 0 bridgehead atoms. The van der Waals surface area contributed by atoms with Crippen LogP contribution < -0.4 is 5.32 Å². The van der Waals surface area contributed by atoms with Crippen molar-refractivity contribution in [3.05, 3.63) is 0 Å². The minimum atomic E-state index is -0.202. The summed E-state index contributed by atoms with van der Waals surface area (Å²) in [6.07, 6.45) is 9.05. The third-order valence-electron chi connectivity index (χ3n) is 4.32. The SMILES string of the molecule is CCCC1NC2(CCCC2)C(=O)N1C(C)CSC. The van der Waals surface area contributed by atoms with Gasteiger partial charge in [-0.15, -0.1) is 0 Å². The maximum absolute atomic E-state index is 12.8. The standard InChI is InChI=1S/C14H26N2OS/c1-4-7-12-15-14(8-5-6-9-14)13(17)16(12)11(2)10-18-3/h11-12,15H,4-10H2,1-3H3. The smallest absolute Gasteiger partial charge is 0.244 e. The number of carbonyl (C=O) groups is 1. The van der Waals surface area contributed by atoms with E-state index < -0.39 is 0 Å². The Kier molecular flexibility index (Phi) is 4.59. The molecule has 104 valence electrons. The minimum Gasteiger partial charge on any atom is -0.322 e. The summed E-state index contributed by atoms with van der Waals surface area (Å²) in [5.41, 5.74) is -0.202. The van der Waals surface area contributed by atoms with E-state index in [9.17, 15) is 4.79 Å². The molecule has 1 heterocycles. The average molecular weight is 270 g/mol. The molecule has 1 saturated carbocycles. The number of carbonyl (C=O) groups excluding carboxylic acids is 1. The molecular formula is C14H26N2OS. The van der Waals surface area contributed by atoms with Crippen LogP contribution in [-0.2, 0) is 4.79 Å². The second kappa shape index (κ2) is 5.83. The van der Waals surface area contributed by atoms with Gasteiger partial charge in [0, 0.05) is 11.8 Å². The predicted molar refractivity (Wildman–Crippen MR) is 77.7 cm³/mol. The highest BCUT2D eigenvalue weighted by Crippen LogP contribution is 2.38. The third kappa shape index (κ3) is 2.42. The van der Waals surface area contributed by atoms with E-state index in [4.69, 9.17) is 0 Å². The van der Waals surface area contributed by atoms with Crippen LogP contribution in [0.25, 0.3) is 0 Å². The van der Waals surface area contributed by atoms with Crippen LogP contribution in [0.15, 0.2) is 0 Å². The van der Waals surface area contributed by atoms with Crippen molar-refractivity contribution >= 4 is 17.7 Å². The van der Waals surface area contributed by atoms with Gasteiger partial charge < -0.3 is 4.90 Å². The number of nitrogens with zero attached hydrogens (tertiary/aromatic N) is 1. The van der Waals surface area contributed by atoms with Gasteiger partial charge in [-0.3, -0.25) is 10.1 Å². The van der Waals surface area contributed by atoms with Crippen molar-refractivity contribution in [2.45, 2.75) is 70.1 Å². The number of rotatable bonds is 5. The summed E-state index contributed by atoms with van der Waals surface area (Å²) in [5, 5.41) is 3.67. The van der Waals surface area contributed by atoms with Gasteiger partial charge in [0.05, 0.1) is 11.7 Å². The fraction of sp³-hybridized carbons (Fsp3) is 0.929. The fourth-order valence-corrected chi connectivity index (χ4v) is 4.13. The van der Waals surface area contributed by atoms with Gasteiger partial charge in [0.1, 0.15) is 0 Å². The third-order valence-corrected chi connectivity index (χ3v) is 5.14. The second-order valence-electron chi connectivity index (χ2n) is 5.75. The first-order chi connectivity index (χ1) is 8.64. The Balaban J connectivity index is 2.16. The molecule has 2 rings (SSSR count). The Bertz CT molecular complexity index is 302. The average Bonchev–Trinajstić information content (AvgIpc) is 2.88. The number of thioether (sulfide) groups is 1. The van der Waals surface area contributed by atoms with Crippen molar-refractivity contribution < 1.29 is 4.79 Å². The Morgan fingerprint density at radius 1 is 1.50 bits per heavy atom. The summed E-state index contributed by atoms with van der Waals surface area (Å²) >= 11 is 1.83. The van der Waals surface area contributed by atoms with Crippen molar-refractivity contribution in [3.63, 3.8) is 0 Å². The van der Waals surface area contributed by atoms with Gasteiger partial charge in [0.25, 0.3) is 0 Å². The highest BCUT2D eigenvalue weighted by atomic mass is 32.2. The molecule has 4 heteroatoms. The van der Waals surface area contributed by atoms with E-state index in [-0.39, 0.29) is 11.7 Å². The molecule has 1 aliphatic heterocycles. The second-order valence-corrected chi connectivity index (χ2v) is 6.67. The van der Waals surface area contributed by atoms with Crippen LogP contribution in [0.1, 0.15) is 52.4 Å². The van der Waals surface area contributed by atoms with Crippen LogP contribution in [0, 0.1) is 0 Å². The lowest BCUT2D eigenvalue weighted by molar-refractivity contribution is -0.134. The number of nitrogens with one attached hydrogen (secondary N) is 1. The Labute approximate surface area is 115 Å². The van der Waals surface area contributed by atoms with Crippen LogP contribution in [0.2, 0.25) is 0 Å². The van der Waals surface area contributed by atoms with Crippen LogP contribution >= 0.6 is 11.8 Å². The molecular weight excluding hydrogens is 244 g/mol. The number of amides is 1. The topological polar surface area (TPSA) is 32.3 Å². The van der Waals surface area contributed by atoms with Gasteiger partial charge in [-0.05, 0) is 32.4 Å². The molecule has 0 aromatic rings. The highest BCUT2D eigenvalue weighted by molar-refractivity contribution is 7.98. The summed E-state index contributed by atoms with van der Waals surface area (Å²) in [4.78, 5) is 14.9. The minimum absolute atomic E-state index is 0.202. The summed E-state index contributed by atoms with van der Waals surface area (Å²) < 4.78 is 0. The van der Waals surface area contributed by atoms with E-state index in [0.717, 1.165) is 31.4 Å². The first-order valence-corrected chi connectivity index (χ1v) is 8.63. The lowest BCUT2D eigenvalue weighted by Gasteiger charge is -2.30. The lowest BCUT2D eigenvalue weighted by atomic mass is 9.98. The molecule has 0 aromatic heterocycles. The van der Waals surface area contributed by atoms with Crippen molar-refractivity contribution in [1.29, 1.82) is 0 Å². The molecule has 18 heavy (non-hydrogen) atoms. The maximum Gasteiger partial charge on any atom is 0.244 e. The van der Waals surface area contributed by atoms with E-state index in [0.29, 0.717) is 11.9 Å². The van der Waals surface area contributed by atoms with Gasteiger partial charge in [0.15, 0.2) is 0 Å². The van der Waals surface area contributed by atoms with Gasteiger partial charge in [-0.1, -0.05) is 26.2 Å². The van der Waals surface area contributed by atoms with Gasteiger partial charge in [-0.2, -0.15) is 11.8 Å². The van der Waals surface area contributed by atoms with Crippen LogP contribution in [0.3, 0.4) is 0 Å². The molecule has 2 aliphatic rings. The van der Waals surface area contributed by atoms with Gasteiger partial charge in [0.2, 0.25) is 5.91 Å². The van der Waals surface area contributed by atoms with Crippen molar-refractivity contribution in [2.24, 2.45) is 0 Å². The van der Waals surface area contributed by atoms with E-state index >= 15 is 0 Å². The molecule has 2 unspecified atom stereocenters. The quantitative estimate of drug-likeness (QED) is 0.833. The maximum atomic E-state index is 12.8. The zero-order chi connectivity index (χ0) is 13.2. The first-order valence-electron chi connectivity index (χ1n) is 7.24. The summed E-state index contributed by atoms with van der Waals surface area (Å²) in [6, 6.07) is 0.344. The van der Waals surface area contributed by atoms with Crippen molar-refractivity contribution in [2.75, 3.05) is 12.0 Å². The molecule has 2 atom stereocenters. The molecule has 1 amide bonds. The Morgan fingerprint density at radius 3 is 2.72 bits per heavy atom. The zero-order valence-corrected chi connectivity index (χ0v) is 12.7. The Morgan fingerprint density at radius 2 is 2.17 bits per heavy atom. The van der Waals surface area contributed by atoms with E-state index in [1.807, 2.05) is 11.8 Å². The molecule has 3 nitrogen and oxygen atoms in total. The highest BCUT2D eigenvalue weighted by Gasteiger charge is 2.52. The van der Waals surface area contributed by atoms with Crippen molar-refractivity contribution in [3.8, 4) is 0 Å². The summed E-state index contributed by atoms with van der Waals surface area (Å²) in [6.45, 7) is 4.38. The van der Waals surface area contributed by atoms with Crippen LogP contribution in [0.4, 0.5) is 0 Å². The predicted octanol–water partition coefficient (Wildman–Crippen LogP) is 2.61. The molecule has 1 saturated heterocycles. The zero-order valence-electron chi connectivity index (χ0n) is 11.9. The molecule has 1 spiro atoms. The first kappa shape index (κ1) is 14.2. The summed E-state index contributed by atoms with van der Waals surface area (Å²) in [5.74, 6) is 1.41. The molecule has 2 fully saturated rings. The molecule has 0 aromatic carbocycles.